The molecule has 0 saturated carbocycles. The van der Waals surface area contributed by atoms with Gasteiger partial charge in [-0.15, -0.1) is 6.58 Å². The second-order valence-corrected chi connectivity index (χ2v) is 2.96. The van der Waals surface area contributed by atoms with Crippen LogP contribution in [-0.4, -0.2) is 5.78 Å². The van der Waals surface area contributed by atoms with Crippen LogP contribution in [0.1, 0.15) is 32.1 Å². The van der Waals surface area contributed by atoms with E-state index in [1.54, 1.807) is 6.08 Å². The van der Waals surface area contributed by atoms with E-state index < -0.39 is 0 Å². The minimum Gasteiger partial charge on any atom is -0.299 e. The smallest absolute Gasteiger partial charge is 0.140 e. The van der Waals surface area contributed by atoms with Gasteiger partial charge in [0.1, 0.15) is 5.78 Å². The van der Waals surface area contributed by atoms with E-state index in [1.807, 2.05) is 0 Å². The average molecular weight is 150 g/mol. The molecule has 1 aliphatic rings. The Morgan fingerprint density at radius 2 is 2.55 bits per heavy atom. The predicted molar refractivity (Wildman–Crippen MR) is 46.4 cm³/mol. The number of Topliss-reactive ketones (excluding diaryl/α,β-unsaturated/α-hetero) is 1. The lowest BCUT2D eigenvalue weighted by Gasteiger charge is -1.97. The molecule has 0 saturated heterocycles. The zero-order valence-corrected chi connectivity index (χ0v) is 6.81. The van der Waals surface area contributed by atoms with E-state index in [1.165, 1.54) is 12.0 Å². The molecule has 1 aliphatic carbocycles. The van der Waals surface area contributed by atoms with Gasteiger partial charge < -0.3 is 0 Å². The van der Waals surface area contributed by atoms with E-state index in [4.69, 9.17) is 0 Å². The Morgan fingerprint density at radius 1 is 1.73 bits per heavy atom. The molecule has 60 valence electrons. The second kappa shape index (κ2) is 4.12. The highest BCUT2D eigenvalue weighted by atomic mass is 16.1. The summed E-state index contributed by atoms with van der Waals surface area (Å²) in [5.41, 5.74) is 1.33. The summed E-state index contributed by atoms with van der Waals surface area (Å²) in [6, 6.07) is 0. The van der Waals surface area contributed by atoms with Crippen molar-refractivity contribution < 1.29 is 4.79 Å². The van der Waals surface area contributed by atoms with Gasteiger partial charge in [0.05, 0.1) is 0 Å². The van der Waals surface area contributed by atoms with Gasteiger partial charge in [0.25, 0.3) is 0 Å². The van der Waals surface area contributed by atoms with E-state index in [0.717, 1.165) is 12.8 Å². The Morgan fingerprint density at radius 3 is 3.09 bits per heavy atom. The fraction of sp³-hybridized carbons (Fsp3) is 0.500. The fourth-order valence-corrected chi connectivity index (χ4v) is 1.38. The Balaban J connectivity index is 2.29. The van der Waals surface area contributed by atoms with Crippen molar-refractivity contribution in [2.45, 2.75) is 32.1 Å². The van der Waals surface area contributed by atoms with E-state index in [-0.39, 0.29) is 0 Å². The predicted octanol–water partition coefficient (Wildman–Crippen LogP) is 2.63. The molecule has 0 bridgehead atoms. The molecule has 1 heteroatoms. The van der Waals surface area contributed by atoms with Crippen LogP contribution in [0.15, 0.2) is 24.3 Å². The van der Waals surface area contributed by atoms with E-state index in [9.17, 15) is 4.79 Å². The highest BCUT2D eigenvalue weighted by molar-refractivity contribution is 5.82. The molecule has 1 rings (SSSR count). The maximum absolute atomic E-state index is 11.1. The number of rotatable bonds is 4. The molecule has 0 spiro atoms. The summed E-state index contributed by atoms with van der Waals surface area (Å²) in [5, 5.41) is 0. The summed E-state index contributed by atoms with van der Waals surface area (Å²) in [5.74, 6) is 0.299. The van der Waals surface area contributed by atoms with Crippen molar-refractivity contribution in [1.29, 1.82) is 0 Å². The van der Waals surface area contributed by atoms with E-state index >= 15 is 0 Å². The van der Waals surface area contributed by atoms with Crippen LogP contribution in [0, 0.1) is 0 Å². The molecular weight excluding hydrogens is 136 g/mol. The van der Waals surface area contributed by atoms with Crippen molar-refractivity contribution >= 4 is 5.78 Å². The SMILES string of the molecule is C=CCC(=O)CC1=CCCC1. The molecule has 0 heterocycles. The van der Waals surface area contributed by atoms with Crippen molar-refractivity contribution in [2.24, 2.45) is 0 Å². The average Bonchev–Trinajstić information content (AvgIpc) is 2.40. The van der Waals surface area contributed by atoms with Crippen LogP contribution < -0.4 is 0 Å². The molecule has 0 fully saturated rings. The van der Waals surface area contributed by atoms with Gasteiger partial charge in [-0.05, 0) is 19.3 Å². The van der Waals surface area contributed by atoms with Crippen LogP contribution in [-0.2, 0) is 4.79 Å². The van der Waals surface area contributed by atoms with Crippen LogP contribution in [0.25, 0.3) is 0 Å². The van der Waals surface area contributed by atoms with E-state index in [2.05, 4.69) is 12.7 Å². The van der Waals surface area contributed by atoms with Crippen molar-refractivity contribution in [2.75, 3.05) is 0 Å². The van der Waals surface area contributed by atoms with Crippen LogP contribution in [0.2, 0.25) is 0 Å². The van der Waals surface area contributed by atoms with Crippen LogP contribution in [0.3, 0.4) is 0 Å². The number of ketones is 1. The molecule has 0 aromatic rings. The first-order valence-electron chi connectivity index (χ1n) is 4.13. The summed E-state index contributed by atoms with van der Waals surface area (Å²) in [4.78, 5) is 11.1. The van der Waals surface area contributed by atoms with Gasteiger partial charge in [-0.2, -0.15) is 0 Å². The Bertz CT molecular complexity index is 189. The topological polar surface area (TPSA) is 17.1 Å². The molecular formula is C10H14O. The lowest BCUT2D eigenvalue weighted by Crippen LogP contribution is -1.96. The van der Waals surface area contributed by atoms with Crippen molar-refractivity contribution in [3.8, 4) is 0 Å². The van der Waals surface area contributed by atoms with Crippen molar-refractivity contribution in [3.63, 3.8) is 0 Å². The fourth-order valence-electron chi connectivity index (χ4n) is 1.38. The van der Waals surface area contributed by atoms with Gasteiger partial charge in [0.15, 0.2) is 0 Å². The first-order chi connectivity index (χ1) is 5.33. The summed E-state index contributed by atoms with van der Waals surface area (Å²) in [6.45, 7) is 3.53. The molecule has 0 atom stereocenters. The molecule has 0 aromatic carbocycles. The summed E-state index contributed by atoms with van der Waals surface area (Å²) in [7, 11) is 0. The van der Waals surface area contributed by atoms with Crippen LogP contribution in [0.5, 0.6) is 0 Å². The largest absolute Gasteiger partial charge is 0.299 e. The normalized spacial score (nSPS) is 16.2. The number of hydrogen-bond acceptors (Lipinski definition) is 1. The molecule has 11 heavy (non-hydrogen) atoms. The maximum atomic E-state index is 11.1. The maximum Gasteiger partial charge on any atom is 0.140 e. The molecule has 0 aromatic heterocycles. The second-order valence-electron chi connectivity index (χ2n) is 2.96. The van der Waals surface area contributed by atoms with Gasteiger partial charge in [0, 0.05) is 12.8 Å². The first kappa shape index (κ1) is 8.25. The summed E-state index contributed by atoms with van der Waals surface area (Å²) < 4.78 is 0. The van der Waals surface area contributed by atoms with Gasteiger partial charge in [0.2, 0.25) is 0 Å². The quantitative estimate of drug-likeness (QED) is 0.563. The van der Waals surface area contributed by atoms with Crippen LogP contribution in [0.4, 0.5) is 0 Å². The van der Waals surface area contributed by atoms with Gasteiger partial charge in [-0.25, -0.2) is 0 Å². The monoisotopic (exact) mass is 150 g/mol. The number of carbonyl (C=O) groups excluding carboxylic acids is 1. The minimum absolute atomic E-state index is 0.299. The molecule has 0 N–H and O–H groups in total. The zero-order valence-electron chi connectivity index (χ0n) is 6.81. The lowest BCUT2D eigenvalue weighted by atomic mass is 10.1. The Kier molecular flexibility index (Phi) is 3.09. The third-order valence-electron chi connectivity index (χ3n) is 1.93. The number of allylic oxidation sites excluding steroid dienone is 3. The highest BCUT2D eigenvalue weighted by Crippen LogP contribution is 2.20. The van der Waals surface area contributed by atoms with E-state index in [0.29, 0.717) is 18.6 Å². The number of carbonyl (C=O) groups is 1. The van der Waals surface area contributed by atoms with Gasteiger partial charge in [-0.1, -0.05) is 17.7 Å². The minimum atomic E-state index is 0.299. The number of hydrogen-bond donors (Lipinski definition) is 0. The Labute approximate surface area is 67.8 Å². The summed E-state index contributed by atoms with van der Waals surface area (Å²) >= 11 is 0. The molecule has 0 radical (unpaired) electrons. The molecule has 0 aliphatic heterocycles. The molecule has 0 amide bonds. The first-order valence-corrected chi connectivity index (χ1v) is 4.13. The third kappa shape index (κ3) is 2.71. The van der Waals surface area contributed by atoms with Crippen molar-refractivity contribution in [3.05, 3.63) is 24.3 Å². The molecule has 0 unspecified atom stereocenters. The third-order valence-corrected chi connectivity index (χ3v) is 1.93. The van der Waals surface area contributed by atoms with Crippen molar-refractivity contribution in [1.82, 2.24) is 0 Å². The lowest BCUT2D eigenvalue weighted by molar-refractivity contribution is -0.117. The highest BCUT2D eigenvalue weighted by Gasteiger charge is 2.07. The van der Waals surface area contributed by atoms with Gasteiger partial charge >= 0.3 is 0 Å². The molecule has 1 nitrogen and oxygen atoms in total. The van der Waals surface area contributed by atoms with Gasteiger partial charge in [-0.3, -0.25) is 4.79 Å². The van der Waals surface area contributed by atoms with Crippen LogP contribution >= 0.6 is 0 Å². The summed E-state index contributed by atoms with van der Waals surface area (Å²) in [6.07, 6.45) is 8.58. The Hall–Kier alpha value is -0.850. The zero-order chi connectivity index (χ0) is 8.10. The standard InChI is InChI=1S/C10H14O/c1-2-5-10(11)8-9-6-3-4-7-9/h2,6H,1,3-5,7-8H2.